The van der Waals surface area contributed by atoms with Crippen molar-refractivity contribution in [2.45, 2.75) is 19.3 Å². The Hall–Kier alpha value is -2.31. The molecule has 0 saturated heterocycles. The van der Waals surface area contributed by atoms with Gasteiger partial charge in [0.05, 0.1) is 7.11 Å². The Morgan fingerprint density at radius 1 is 1.35 bits per heavy atom. The van der Waals surface area contributed by atoms with Crippen molar-refractivity contribution in [3.8, 4) is 5.75 Å². The van der Waals surface area contributed by atoms with Gasteiger partial charge in [-0.2, -0.15) is 0 Å². The highest BCUT2D eigenvalue weighted by molar-refractivity contribution is 5.89. The van der Waals surface area contributed by atoms with Crippen molar-refractivity contribution in [1.82, 2.24) is 5.32 Å². The molecule has 0 aliphatic rings. The molecule has 0 atom stereocenters. The van der Waals surface area contributed by atoms with Crippen LogP contribution >= 0.6 is 0 Å². The van der Waals surface area contributed by atoms with Gasteiger partial charge in [0.25, 0.3) is 0 Å². The molecule has 7 heteroatoms. The van der Waals surface area contributed by atoms with E-state index in [1.54, 1.807) is 0 Å². The molecule has 0 spiro atoms. The SMILES string of the molecule is COc1ccc(NC(=O)NCCCCC(=O)O)cc1F. The van der Waals surface area contributed by atoms with E-state index in [-0.39, 0.29) is 12.2 Å². The number of hydrogen-bond acceptors (Lipinski definition) is 3. The van der Waals surface area contributed by atoms with Crippen LogP contribution in [0.5, 0.6) is 5.75 Å². The minimum atomic E-state index is -0.858. The minimum Gasteiger partial charge on any atom is -0.494 e. The molecule has 0 heterocycles. The lowest BCUT2D eigenvalue weighted by molar-refractivity contribution is -0.137. The summed E-state index contributed by atoms with van der Waals surface area (Å²) < 4.78 is 18.1. The van der Waals surface area contributed by atoms with Crippen LogP contribution in [0.3, 0.4) is 0 Å². The monoisotopic (exact) mass is 284 g/mol. The van der Waals surface area contributed by atoms with Crippen LogP contribution in [0.4, 0.5) is 14.9 Å². The number of aliphatic carboxylic acids is 1. The van der Waals surface area contributed by atoms with Crippen LogP contribution in [0, 0.1) is 5.82 Å². The lowest BCUT2D eigenvalue weighted by Gasteiger charge is -2.08. The molecule has 3 N–H and O–H groups in total. The fourth-order valence-electron chi connectivity index (χ4n) is 1.52. The molecule has 20 heavy (non-hydrogen) atoms. The summed E-state index contributed by atoms with van der Waals surface area (Å²) in [6.07, 6.45) is 1.14. The molecule has 0 saturated carbocycles. The van der Waals surface area contributed by atoms with E-state index in [9.17, 15) is 14.0 Å². The number of urea groups is 1. The Labute approximate surface area is 115 Å². The molecule has 1 aromatic rings. The number of carbonyl (C=O) groups excluding carboxylic acids is 1. The van der Waals surface area contributed by atoms with Gasteiger partial charge in [0.2, 0.25) is 0 Å². The third-order valence-electron chi connectivity index (χ3n) is 2.51. The van der Waals surface area contributed by atoms with Crippen molar-refractivity contribution in [3.63, 3.8) is 0 Å². The van der Waals surface area contributed by atoms with E-state index >= 15 is 0 Å². The van der Waals surface area contributed by atoms with Crippen LogP contribution in [0.2, 0.25) is 0 Å². The number of anilines is 1. The number of carboxylic acid groups (broad SMARTS) is 1. The highest BCUT2D eigenvalue weighted by atomic mass is 19.1. The number of benzene rings is 1. The molecule has 0 radical (unpaired) electrons. The Bertz CT molecular complexity index is 479. The summed E-state index contributed by atoms with van der Waals surface area (Å²) in [5.41, 5.74) is 0.311. The fraction of sp³-hybridized carbons (Fsp3) is 0.385. The normalized spacial score (nSPS) is 9.90. The van der Waals surface area contributed by atoms with Crippen LogP contribution in [0.25, 0.3) is 0 Å². The van der Waals surface area contributed by atoms with E-state index < -0.39 is 17.8 Å². The number of unbranched alkanes of at least 4 members (excludes halogenated alkanes) is 1. The molecule has 0 aromatic heterocycles. The molecule has 2 amide bonds. The van der Waals surface area contributed by atoms with E-state index in [1.165, 1.54) is 19.2 Å². The Morgan fingerprint density at radius 3 is 2.70 bits per heavy atom. The number of carboxylic acids is 1. The van der Waals surface area contributed by atoms with Gasteiger partial charge in [-0.15, -0.1) is 0 Å². The molecular formula is C13H17FN2O4. The third-order valence-corrected chi connectivity index (χ3v) is 2.51. The zero-order chi connectivity index (χ0) is 15.0. The Kier molecular flexibility index (Phi) is 6.28. The fourth-order valence-corrected chi connectivity index (χ4v) is 1.52. The van der Waals surface area contributed by atoms with Gasteiger partial charge in [-0.1, -0.05) is 0 Å². The number of carbonyl (C=O) groups is 2. The molecule has 1 aromatic carbocycles. The first-order valence-corrected chi connectivity index (χ1v) is 6.13. The predicted octanol–water partition coefficient (Wildman–Crippen LogP) is 2.21. The standard InChI is InChI=1S/C13H17FN2O4/c1-20-11-6-5-9(8-10(11)14)16-13(19)15-7-3-2-4-12(17)18/h5-6,8H,2-4,7H2,1H3,(H,17,18)(H2,15,16,19). The van der Waals surface area contributed by atoms with Gasteiger partial charge >= 0.3 is 12.0 Å². The van der Waals surface area contributed by atoms with E-state index in [4.69, 9.17) is 9.84 Å². The molecule has 6 nitrogen and oxygen atoms in total. The van der Waals surface area contributed by atoms with Gasteiger partial charge in [-0.3, -0.25) is 4.79 Å². The molecule has 0 aliphatic carbocycles. The number of rotatable bonds is 7. The van der Waals surface area contributed by atoms with E-state index in [0.29, 0.717) is 25.1 Å². The molecule has 0 aliphatic heterocycles. The summed E-state index contributed by atoms with van der Waals surface area (Å²) >= 11 is 0. The van der Waals surface area contributed by atoms with Crippen molar-refractivity contribution in [2.75, 3.05) is 19.0 Å². The second-order valence-electron chi connectivity index (χ2n) is 4.08. The van der Waals surface area contributed by atoms with Crippen LogP contribution in [-0.4, -0.2) is 30.8 Å². The van der Waals surface area contributed by atoms with Gasteiger partial charge < -0.3 is 20.5 Å². The van der Waals surface area contributed by atoms with E-state index in [1.807, 2.05) is 0 Å². The largest absolute Gasteiger partial charge is 0.494 e. The molecule has 0 fully saturated rings. The highest BCUT2D eigenvalue weighted by Gasteiger charge is 2.06. The minimum absolute atomic E-state index is 0.0764. The summed E-state index contributed by atoms with van der Waals surface area (Å²) in [5.74, 6) is -1.32. The van der Waals surface area contributed by atoms with Crippen molar-refractivity contribution >= 4 is 17.7 Å². The van der Waals surface area contributed by atoms with Crippen LogP contribution in [0.15, 0.2) is 18.2 Å². The maximum Gasteiger partial charge on any atom is 0.319 e. The first-order valence-electron chi connectivity index (χ1n) is 6.13. The molecule has 0 bridgehead atoms. The van der Waals surface area contributed by atoms with Gasteiger partial charge in [0.1, 0.15) is 0 Å². The molecule has 1 rings (SSSR count). The average molecular weight is 284 g/mol. The first-order chi connectivity index (χ1) is 9.52. The van der Waals surface area contributed by atoms with Crippen LogP contribution in [0.1, 0.15) is 19.3 Å². The van der Waals surface area contributed by atoms with Gasteiger partial charge in [0.15, 0.2) is 11.6 Å². The topological polar surface area (TPSA) is 87.7 Å². The summed E-state index contributed by atoms with van der Waals surface area (Å²) in [7, 11) is 1.36. The van der Waals surface area contributed by atoms with Crippen molar-refractivity contribution in [3.05, 3.63) is 24.0 Å². The number of nitrogens with one attached hydrogen (secondary N) is 2. The number of ether oxygens (including phenoxy) is 1. The summed E-state index contributed by atoms with van der Waals surface area (Å²) in [6, 6.07) is 3.62. The van der Waals surface area contributed by atoms with E-state index in [2.05, 4.69) is 10.6 Å². The van der Waals surface area contributed by atoms with Crippen molar-refractivity contribution in [2.24, 2.45) is 0 Å². The lowest BCUT2D eigenvalue weighted by Crippen LogP contribution is -2.29. The Morgan fingerprint density at radius 2 is 2.10 bits per heavy atom. The predicted molar refractivity (Wildman–Crippen MR) is 71.5 cm³/mol. The van der Waals surface area contributed by atoms with Gasteiger partial charge in [-0.25, -0.2) is 9.18 Å². The van der Waals surface area contributed by atoms with Crippen molar-refractivity contribution in [1.29, 1.82) is 0 Å². The Balaban J connectivity index is 2.31. The number of amides is 2. The number of methoxy groups -OCH3 is 1. The number of halogens is 1. The molecule has 0 unspecified atom stereocenters. The van der Waals surface area contributed by atoms with Crippen molar-refractivity contribution < 1.29 is 23.8 Å². The van der Waals surface area contributed by atoms with E-state index in [0.717, 1.165) is 6.07 Å². The summed E-state index contributed by atoms with van der Waals surface area (Å²) in [6.45, 7) is 0.359. The average Bonchev–Trinajstić information content (AvgIpc) is 2.38. The summed E-state index contributed by atoms with van der Waals surface area (Å²) in [5, 5.41) is 13.5. The molecular weight excluding hydrogens is 267 g/mol. The quantitative estimate of drug-likeness (QED) is 0.670. The first kappa shape index (κ1) is 15.7. The maximum absolute atomic E-state index is 13.4. The molecule has 110 valence electrons. The number of hydrogen-bond donors (Lipinski definition) is 3. The summed E-state index contributed by atoms with van der Waals surface area (Å²) in [4.78, 5) is 21.8. The third kappa shape index (κ3) is 5.55. The smallest absolute Gasteiger partial charge is 0.319 e. The van der Waals surface area contributed by atoms with Gasteiger partial charge in [-0.05, 0) is 25.0 Å². The van der Waals surface area contributed by atoms with Gasteiger partial charge in [0, 0.05) is 24.7 Å². The maximum atomic E-state index is 13.4. The highest BCUT2D eigenvalue weighted by Crippen LogP contribution is 2.20. The van der Waals surface area contributed by atoms with Crippen LogP contribution < -0.4 is 15.4 Å². The lowest BCUT2D eigenvalue weighted by atomic mass is 10.2. The van der Waals surface area contributed by atoms with Crippen LogP contribution in [-0.2, 0) is 4.79 Å². The zero-order valence-corrected chi connectivity index (χ0v) is 11.1. The zero-order valence-electron chi connectivity index (χ0n) is 11.1. The second kappa shape index (κ2) is 7.98. The second-order valence-corrected chi connectivity index (χ2v) is 4.08.